The molecule has 1 aliphatic rings. The smallest absolute Gasteiger partial charge is 0.252 e. The topological polar surface area (TPSA) is 55.1 Å². The standard InChI is InChI=1S/C15H21ClN2O/c1-10-5-2-3-6-11(10)9-18-15(19)12-7-4-8-13(17)14(12)16/h4,7-8,10-11H,2-3,5-6,9,17H2,1H3,(H,18,19). The van der Waals surface area contributed by atoms with Crippen LogP contribution in [0.3, 0.4) is 0 Å². The molecule has 3 nitrogen and oxygen atoms in total. The molecule has 1 amide bonds. The Bertz CT molecular complexity index is 461. The minimum atomic E-state index is -0.130. The van der Waals surface area contributed by atoms with E-state index in [1.165, 1.54) is 25.7 Å². The summed E-state index contributed by atoms with van der Waals surface area (Å²) in [5, 5.41) is 3.33. The first-order chi connectivity index (χ1) is 9.09. The number of rotatable bonds is 3. The Kier molecular flexibility index (Phi) is 4.70. The molecule has 0 aliphatic heterocycles. The number of anilines is 1. The van der Waals surface area contributed by atoms with Crippen LogP contribution in [0.2, 0.25) is 5.02 Å². The molecule has 1 aliphatic carbocycles. The van der Waals surface area contributed by atoms with Crippen LogP contribution < -0.4 is 11.1 Å². The van der Waals surface area contributed by atoms with E-state index in [4.69, 9.17) is 17.3 Å². The number of nitrogens with one attached hydrogen (secondary N) is 1. The fraction of sp³-hybridized carbons (Fsp3) is 0.533. The second-order valence-electron chi connectivity index (χ2n) is 5.44. The van der Waals surface area contributed by atoms with Crippen molar-refractivity contribution in [1.29, 1.82) is 0 Å². The third-order valence-corrected chi connectivity index (χ3v) is 4.51. The van der Waals surface area contributed by atoms with E-state index < -0.39 is 0 Å². The highest BCUT2D eigenvalue weighted by atomic mass is 35.5. The van der Waals surface area contributed by atoms with E-state index in [0.717, 1.165) is 6.54 Å². The van der Waals surface area contributed by atoms with Gasteiger partial charge < -0.3 is 11.1 Å². The number of hydrogen-bond donors (Lipinski definition) is 2. The van der Waals surface area contributed by atoms with E-state index in [9.17, 15) is 4.79 Å². The fourth-order valence-corrected chi connectivity index (χ4v) is 2.95. The van der Waals surface area contributed by atoms with Gasteiger partial charge in [-0.2, -0.15) is 0 Å². The van der Waals surface area contributed by atoms with Gasteiger partial charge in [0.15, 0.2) is 0 Å². The van der Waals surface area contributed by atoms with Gasteiger partial charge in [0.2, 0.25) is 0 Å². The molecule has 1 fully saturated rings. The normalized spacial score (nSPS) is 23.1. The number of hydrogen-bond acceptors (Lipinski definition) is 2. The molecule has 1 saturated carbocycles. The zero-order valence-electron chi connectivity index (χ0n) is 11.3. The van der Waals surface area contributed by atoms with Crippen LogP contribution in [0.4, 0.5) is 5.69 Å². The van der Waals surface area contributed by atoms with E-state index in [2.05, 4.69) is 12.2 Å². The summed E-state index contributed by atoms with van der Waals surface area (Å²) < 4.78 is 0. The average Bonchev–Trinajstić information content (AvgIpc) is 2.40. The van der Waals surface area contributed by atoms with Crippen LogP contribution >= 0.6 is 11.6 Å². The van der Waals surface area contributed by atoms with Crippen molar-refractivity contribution >= 4 is 23.2 Å². The quantitative estimate of drug-likeness (QED) is 0.833. The number of carbonyl (C=O) groups is 1. The third-order valence-electron chi connectivity index (χ3n) is 4.09. The highest BCUT2D eigenvalue weighted by molar-refractivity contribution is 6.36. The van der Waals surface area contributed by atoms with Gasteiger partial charge >= 0.3 is 0 Å². The lowest BCUT2D eigenvalue weighted by atomic mass is 9.80. The number of nitrogens with two attached hydrogens (primary N) is 1. The number of nitrogen functional groups attached to an aromatic ring is 1. The molecule has 0 heterocycles. The highest BCUT2D eigenvalue weighted by Gasteiger charge is 2.22. The van der Waals surface area contributed by atoms with Gasteiger partial charge in [-0.1, -0.05) is 43.9 Å². The molecule has 1 aromatic carbocycles. The lowest BCUT2D eigenvalue weighted by molar-refractivity contribution is 0.0936. The van der Waals surface area contributed by atoms with E-state index in [1.807, 2.05) is 0 Å². The Morgan fingerprint density at radius 1 is 1.42 bits per heavy atom. The molecular formula is C15H21ClN2O. The SMILES string of the molecule is CC1CCCCC1CNC(=O)c1cccc(N)c1Cl. The predicted molar refractivity (Wildman–Crippen MR) is 79.3 cm³/mol. The van der Waals surface area contributed by atoms with Crippen molar-refractivity contribution in [1.82, 2.24) is 5.32 Å². The molecule has 3 N–H and O–H groups in total. The van der Waals surface area contributed by atoms with Crippen LogP contribution in [-0.2, 0) is 0 Å². The molecule has 0 spiro atoms. The van der Waals surface area contributed by atoms with Gasteiger partial charge in [0.1, 0.15) is 0 Å². The van der Waals surface area contributed by atoms with Crippen molar-refractivity contribution in [3.63, 3.8) is 0 Å². The zero-order valence-corrected chi connectivity index (χ0v) is 12.0. The Morgan fingerprint density at radius 3 is 2.89 bits per heavy atom. The second kappa shape index (κ2) is 6.29. The summed E-state index contributed by atoms with van der Waals surface area (Å²) in [5.41, 5.74) is 6.62. The second-order valence-corrected chi connectivity index (χ2v) is 5.82. The van der Waals surface area contributed by atoms with Crippen molar-refractivity contribution in [3.05, 3.63) is 28.8 Å². The molecular weight excluding hydrogens is 260 g/mol. The summed E-state index contributed by atoms with van der Waals surface area (Å²) in [4.78, 5) is 12.1. The van der Waals surface area contributed by atoms with Gasteiger partial charge in [-0.25, -0.2) is 0 Å². The van der Waals surface area contributed by atoms with Crippen molar-refractivity contribution in [2.24, 2.45) is 11.8 Å². The summed E-state index contributed by atoms with van der Waals surface area (Å²) in [5.74, 6) is 1.14. The van der Waals surface area contributed by atoms with Crippen LogP contribution in [-0.4, -0.2) is 12.5 Å². The van der Waals surface area contributed by atoms with Gasteiger partial charge in [-0.15, -0.1) is 0 Å². The molecule has 2 unspecified atom stereocenters. The van der Waals surface area contributed by atoms with Crippen LogP contribution in [0, 0.1) is 11.8 Å². The summed E-state index contributed by atoms with van der Waals surface area (Å²) in [6, 6.07) is 5.15. The van der Waals surface area contributed by atoms with E-state index in [1.54, 1.807) is 18.2 Å². The predicted octanol–water partition coefficient (Wildman–Crippen LogP) is 3.48. The first-order valence-corrected chi connectivity index (χ1v) is 7.29. The van der Waals surface area contributed by atoms with Crippen molar-refractivity contribution in [2.45, 2.75) is 32.6 Å². The summed E-state index contributed by atoms with van der Waals surface area (Å²) >= 11 is 6.05. The number of carbonyl (C=O) groups excluding carboxylic acids is 1. The maximum absolute atomic E-state index is 12.1. The molecule has 4 heteroatoms. The maximum atomic E-state index is 12.1. The third kappa shape index (κ3) is 3.41. The van der Waals surface area contributed by atoms with Crippen molar-refractivity contribution in [2.75, 3.05) is 12.3 Å². The van der Waals surface area contributed by atoms with E-state index in [-0.39, 0.29) is 5.91 Å². The molecule has 104 valence electrons. The lowest BCUT2D eigenvalue weighted by Crippen LogP contribution is -2.33. The molecule has 1 aromatic rings. The Morgan fingerprint density at radius 2 is 2.16 bits per heavy atom. The lowest BCUT2D eigenvalue weighted by Gasteiger charge is -2.28. The van der Waals surface area contributed by atoms with Crippen LogP contribution in [0.15, 0.2) is 18.2 Å². The average molecular weight is 281 g/mol. The van der Waals surface area contributed by atoms with Gasteiger partial charge in [0.05, 0.1) is 16.3 Å². The molecule has 19 heavy (non-hydrogen) atoms. The Balaban J connectivity index is 1.95. The van der Waals surface area contributed by atoms with Crippen LogP contribution in [0.5, 0.6) is 0 Å². The highest BCUT2D eigenvalue weighted by Crippen LogP contribution is 2.29. The van der Waals surface area contributed by atoms with Crippen molar-refractivity contribution in [3.8, 4) is 0 Å². The van der Waals surface area contributed by atoms with Gasteiger partial charge in [0.25, 0.3) is 5.91 Å². The van der Waals surface area contributed by atoms with Gasteiger partial charge in [-0.05, 0) is 30.4 Å². The first kappa shape index (κ1) is 14.2. The molecule has 0 saturated heterocycles. The molecule has 2 rings (SSSR count). The van der Waals surface area contributed by atoms with E-state index in [0.29, 0.717) is 28.1 Å². The molecule has 0 bridgehead atoms. The van der Waals surface area contributed by atoms with E-state index >= 15 is 0 Å². The minimum Gasteiger partial charge on any atom is -0.398 e. The minimum absolute atomic E-state index is 0.130. The molecule has 2 atom stereocenters. The summed E-state index contributed by atoms with van der Waals surface area (Å²) in [7, 11) is 0. The largest absolute Gasteiger partial charge is 0.398 e. The van der Waals surface area contributed by atoms with Crippen LogP contribution in [0.25, 0.3) is 0 Å². The first-order valence-electron chi connectivity index (χ1n) is 6.91. The van der Waals surface area contributed by atoms with Crippen LogP contribution in [0.1, 0.15) is 43.0 Å². The summed E-state index contributed by atoms with van der Waals surface area (Å²) in [6.07, 6.45) is 5.04. The summed E-state index contributed by atoms with van der Waals surface area (Å²) in [6.45, 7) is 2.99. The monoisotopic (exact) mass is 280 g/mol. The van der Waals surface area contributed by atoms with Crippen molar-refractivity contribution < 1.29 is 4.79 Å². The number of benzene rings is 1. The number of halogens is 1. The Hall–Kier alpha value is -1.22. The number of amides is 1. The maximum Gasteiger partial charge on any atom is 0.252 e. The Labute approximate surface area is 119 Å². The van der Waals surface area contributed by atoms with Gasteiger partial charge in [-0.3, -0.25) is 4.79 Å². The molecule has 0 aromatic heterocycles. The van der Waals surface area contributed by atoms with Gasteiger partial charge in [0, 0.05) is 6.54 Å². The fourth-order valence-electron chi connectivity index (χ4n) is 2.74. The molecule has 0 radical (unpaired) electrons. The zero-order chi connectivity index (χ0) is 13.8.